The van der Waals surface area contributed by atoms with Crippen LogP contribution in [0.15, 0.2) is 18.2 Å². The fraction of sp³-hybridized carbons (Fsp3) is 0.500. The number of likely N-dealkylation sites (tertiary alicyclic amines) is 1. The van der Waals surface area contributed by atoms with Gasteiger partial charge in [-0.1, -0.05) is 0 Å². The number of carbonyl (C=O) groups is 1. The molecule has 22 heavy (non-hydrogen) atoms. The van der Waals surface area contributed by atoms with E-state index in [4.69, 9.17) is 0 Å². The zero-order chi connectivity index (χ0) is 15.0. The summed E-state index contributed by atoms with van der Waals surface area (Å²) in [5.74, 6) is -1.22. The van der Waals surface area contributed by atoms with E-state index in [1.54, 1.807) is 4.90 Å². The molecular formula is C14H17ClFN3O3. The Bertz CT molecular complexity index is 605. The molecule has 1 atom stereocenters. The summed E-state index contributed by atoms with van der Waals surface area (Å²) < 4.78 is 13.9. The van der Waals surface area contributed by atoms with Crippen molar-refractivity contribution in [2.75, 3.05) is 26.2 Å². The minimum Gasteiger partial charge on any atom is -0.338 e. The number of amides is 1. The van der Waals surface area contributed by atoms with Gasteiger partial charge in [0.15, 0.2) is 0 Å². The Kier molecular flexibility index (Phi) is 4.67. The number of nitrogens with one attached hydrogen (secondary N) is 1. The molecule has 1 aromatic carbocycles. The number of hydrogen-bond donors (Lipinski definition) is 1. The Morgan fingerprint density at radius 2 is 2.18 bits per heavy atom. The van der Waals surface area contributed by atoms with Crippen LogP contribution in [0.2, 0.25) is 0 Å². The molecule has 2 aliphatic rings. The molecule has 0 bridgehead atoms. The van der Waals surface area contributed by atoms with Crippen molar-refractivity contribution in [3.63, 3.8) is 0 Å². The Balaban J connectivity index is 0.00000176. The molecule has 2 heterocycles. The number of nitro groups is 1. The lowest BCUT2D eigenvalue weighted by atomic mass is 9.86. The molecule has 0 aliphatic carbocycles. The van der Waals surface area contributed by atoms with E-state index in [1.807, 2.05) is 0 Å². The van der Waals surface area contributed by atoms with Crippen molar-refractivity contribution in [3.05, 3.63) is 39.7 Å². The highest BCUT2D eigenvalue weighted by Crippen LogP contribution is 2.36. The lowest BCUT2D eigenvalue weighted by molar-refractivity contribution is -0.385. The fourth-order valence-electron chi connectivity index (χ4n) is 3.21. The third kappa shape index (κ3) is 2.91. The molecule has 2 fully saturated rings. The van der Waals surface area contributed by atoms with Crippen molar-refractivity contribution < 1.29 is 14.1 Å². The first-order valence-electron chi connectivity index (χ1n) is 6.95. The van der Waals surface area contributed by atoms with Crippen LogP contribution in [0, 0.1) is 21.3 Å². The third-order valence-electron chi connectivity index (χ3n) is 4.45. The first-order chi connectivity index (χ1) is 10.0. The number of nitro benzene ring substituents is 1. The summed E-state index contributed by atoms with van der Waals surface area (Å²) in [6.07, 6.45) is 1.94. The summed E-state index contributed by atoms with van der Waals surface area (Å²) in [5.41, 5.74) is -0.321. The molecule has 120 valence electrons. The number of non-ortho nitro benzene ring substituents is 1. The number of benzene rings is 1. The molecule has 0 saturated carbocycles. The van der Waals surface area contributed by atoms with Crippen LogP contribution in [-0.4, -0.2) is 41.9 Å². The van der Waals surface area contributed by atoms with E-state index < -0.39 is 10.7 Å². The average Bonchev–Trinajstić information content (AvgIpc) is 3.09. The maximum Gasteiger partial charge on any atom is 0.272 e. The zero-order valence-electron chi connectivity index (χ0n) is 11.9. The Morgan fingerprint density at radius 1 is 1.41 bits per heavy atom. The van der Waals surface area contributed by atoms with Gasteiger partial charge in [0.25, 0.3) is 11.6 Å². The van der Waals surface area contributed by atoms with Crippen LogP contribution in [0.4, 0.5) is 10.1 Å². The van der Waals surface area contributed by atoms with E-state index in [-0.39, 0.29) is 35.0 Å². The topological polar surface area (TPSA) is 75.5 Å². The second-order valence-corrected chi connectivity index (χ2v) is 5.82. The number of rotatable bonds is 2. The third-order valence-corrected chi connectivity index (χ3v) is 4.45. The van der Waals surface area contributed by atoms with Crippen LogP contribution in [0.3, 0.4) is 0 Å². The van der Waals surface area contributed by atoms with E-state index in [0.717, 1.165) is 32.0 Å². The molecule has 2 aliphatic heterocycles. The van der Waals surface area contributed by atoms with E-state index in [1.165, 1.54) is 12.1 Å². The van der Waals surface area contributed by atoms with Crippen molar-refractivity contribution in [3.8, 4) is 0 Å². The van der Waals surface area contributed by atoms with Crippen molar-refractivity contribution in [1.82, 2.24) is 10.2 Å². The predicted molar refractivity (Wildman–Crippen MR) is 80.7 cm³/mol. The van der Waals surface area contributed by atoms with Crippen molar-refractivity contribution in [1.29, 1.82) is 0 Å². The lowest BCUT2D eigenvalue weighted by Gasteiger charge is -2.22. The predicted octanol–water partition coefficient (Wildman–Crippen LogP) is 1.98. The SMILES string of the molecule is Cl.O=C(c1ccc([N+](=O)[O-])cc1F)N1CCC2(CCNC2)C1. The van der Waals surface area contributed by atoms with Crippen LogP contribution in [0.1, 0.15) is 23.2 Å². The quantitative estimate of drug-likeness (QED) is 0.665. The van der Waals surface area contributed by atoms with Crippen LogP contribution in [0.5, 0.6) is 0 Å². The second-order valence-electron chi connectivity index (χ2n) is 5.82. The minimum atomic E-state index is -0.834. The van der Waals surface area contributed by atoms with Crippen LogP contribution >= 0.6 is 12.4 Å². The summed E-state index contributed by atoms with van der Waals surface area (Å²) in [5, 5.41) is 13.9. The van der Waals surface area contributed by atoms with Crippen LogP contribution in [-0.2, 0) is 0 Å². The van der Waals surface area contributed by atoms with Gasteiger partial charge in [-0.2, -0.15) is 0 Å². The van der Waals surface area contributed by atoms with Crippen molar-refractivity contribution >= 4 is 24.0 Å². The summed E-state index contributed by atoms with van der Waals surface area (Å²) >= 11 is 0. The summed E-state index contributed by atoms with van der Waals surface area (Å²) in [6.45, 7) is 3.07. The first-order valence-corrected chi connectivity index (χ1v) is 6.95. The van der Waals surface area contributed by atoms with Gasteiger partial charge in [-0.3, -0.25) is 14.9 Å². The number of nitrogens with zero attached hydrogens (tertiary/aromatic N) is 2. The Morgan fingerprint density at radius 3 is 2.77 bits per heavy atom. The van der Waals surface area contributed by atoms with Gasteiger partial charge in [-0.25, -0.2) is 4.39 Å². The van der Waals surface area contributed by atoms with E-state index in [0.29, 0.717) is 13.1 Å². The van der Waals surface area contributed by atoms with Gasteiger partial charge in [0.2, 0.25) is 0 Å². The maximum absolute atomic E-state index is 13.9. The molecule has 2 saturated heterocycles. The molecule has 3 rings (SSSR count). The molecule has 8 heteroatoms. The molecule has 1 aromatic rings. The summed E-state index contributed by atoms with van der Waals surface area (Å²) in [6, 6.07) is 3.17. The smallest absolute Gasteiger partial charge is 0.272 e. The largest absolute Gasteiger partial charge is 0.338 e. The Hall–Kier alpha value is -1.73. The molecule has 6 nitrogen and oxygen atoms in total. The highest BCUT2D eigenvalue weighted by Gasteiger charge is 2.42. The monoisotopic (exact) mass is 329 g/mol. The fourth-order valence-corrected chi connectivity index (χ4v) is 3.21. The first kappa shape index (κ1) is 16.6. The van der Waals surface area contributed by atoms with Gasteiger partial charge in [-0.05, 0) is 25.5 Å². The molecule has 1 amide bonds. The molecule has 1 N–H and O–H groups in total. The van der Waals surface area contributed by atoms with Gasteiger partial charge in [0, 0.05) is 31.1 Å². The van der Waals surface area contributed by atoms with Gasteiger partial charge in [0.05, 0.1) is 16.6 Å². The molecular weight excluding hydrogens is 313 g/mol. The molecule has 1 unspecified atom stereocenters. The van der Waals surface area contributed by atoms with Crippen LogP contribution in [0.25, 0.3) is 0 Å². The number of carbonyl (C=O) groups excluding carboxylic acids is 1. The van der Waals surface area contributed by atoms with Crippen molar-refractivity contribution in [2.45, 2.75) is 12.8 Å². The average molecular weight is 330 g/mol. The highest BCUT2D eigenvalue weighted by atomic mass is 35.5. The van der Waals surface area contributed by atoms with Gasteiger partial charge < -0.3 is 10.2 Å². The zero-order valence-corrected chi connectivity index (χ0v) is 12.7. The summed E-state index contributed by atoms with van der Waals surface area (Å²) in [4.78, 5) is 24.0. The van der Waals surface area contributed by atoms with Gasteiger partial charge in [-0.15, -0.1) is 12.4 Å². The highest BCUT2D eigenvalue weighted by molar-refractivity contribution is 5.95. The van der Waals surface area contributed by atoms with Gasteiger partial charge in [0.1, 0.15) is 5.82 Å². The maximum atomic E-state index is 13.9. The minimum absolute atomic E-state index is 0. The number of halogens is 2. The normalized spacial score (nSPS) is 23.6. The number of hydrogen-bond acceptors (Lipinski definition) is 4. The Labute approximate surface area is 133 Å². The van der Waals surface area contributed by atoms with Gasteiger partial charge >= 0.3 is 0 Å². The second kappa shape index (κ2) is 6.18. The van der Waals surface area contributed by atoms with Crippen molar-refractivity contribution in [2.24, 2.45) is 5.41 Å². The molecule has 0 aromatic heterocycles. The van der Waals surface area contributed by atoms with E-state index in [2.05, 4.69) is 5.32 Å². The molecule has 0 radical (unpaired) electrons. The van der Waals surface area contributed by atoms with E-state index in [9.17, 15) is 19.3 Å². The summed E-state index contributed by atoms with van der Waals surface area (Å²) in [7, 11) is 0. The lowest BCUT2D eigenvalue weighted by Crippen LogP contribution is -2.33. The van der Waals surface area contributed by atoms with Crippen LogP contribution < -0.4 is 5.32 Å². The molecule has 1 spiro atoms. The standard InChI is InChI=1S/C14H16FN3O3.ClH/c15-12-7-10(18(20)21)1-2-11(12)13(19)17-6-4-14(9-17)3-5-16-8-14;/h1-2,7,16H,3-6,8-9H2;1H. The van der Waals surface area contributed by atoms with E-state index >= 15 is 0 Å².